The van der Waals surface area contributed by atoms with Crippen molar-refractivity contribution in [2.24, 2.45) is 0 Å². The highest BCUT2D eigenvalue weighted by Gasteiger charge is 2.26. The highest BCUT2D eigenvalue weighted by Crippen LogP contribution is 2.29. The minimum atomic E-state index is -0.923. The average Bonchev–Trinajstić information content (AvgIpc) is 2.66. The van der Waals surface area contributed by atoms with Gasteiger partial charge in [-0.25, -0.2) is 9.78 Å². The van der Waals surface area contributed by atoms with Crippen molar-refractivity contribution in [2.45, 2.75) is 12.8 Å². The minimum Gasteiger partial charge on any atom is -0.465 e. The fourth-order valence-electron chi connectivity index (χ4n) is 2.21. The number of hydrogen-bond acceptors (Lipinski definition) is 2. The van der Waals surface area contributed by atoms with Gasteiger partial charge in [0.2, 0.25) is 0 Å². The molecule has 17 heavy (non-hydrogen) atoms. The summed E-state index contributed by atoms with van der Waals surface area (Å²) in [6.45, 7) is 0.530. The molecule has 0 spiro atoms. The summed E-state index contributed by atoms with van der Waals surface area (Å²) >= 11 is 3.39. The Labute approximate surface area is 106 Å². The van der Waals surface area contributed by atoms with Crippen LogP contribution in [0.1, 0.15) is 12.1 Å². The highest BCUT2D eigenvalue weighted by molar-refractivity contribution is 9.10. The lowest BCUT2D eigenvalue weighted by atomic mass is 10.1. The van der Waals surface area contributed by atoms with E-state index in [1.165, 1.54) is 4.90 Å². The van der Waals surface area contributed by atoms with Gasteiger partial charge >= 0.3 is 6.09 Å². The summed E-state index contributed by atoms with van der Waals surface area (Å²) in [5.41, 5.74) is 1.64. The van der Waals surface area contributed by atoms with E-state index in [2.05, 4.69) is 20.9 Å². The van der Waals surface area contributed by atoms with E-state index >= 15 is 0 Å². The third-order valence-corrected chi connectivity index (χ3v) is 3.38. The van der Waals surface area contributed by atoms with Gasteiger partial charge in [0.1, 0.15) is 11.5 Å². The summed E-state index contributed by atoms with van der Waals surface area (Å²) in [7, 11) is 0. The molecule has 2 aromatic heterocycles. The third-order valence-electron chi connectivity index (χ3n) is 2.91. The first-order valence-electron chi connectivity index (χ1n) is 5.34. The molecule has 5 nitrogen and oxygen atoms in total. The maximum atomic E-state index is 11.2. The standard InChI is InChI=1S/C11H10BrN3O2/c12-7-3-4-9-13-8-2-1-5-14(11(16)17)10(8)15(9)6-7/h3-4,6H,1-2,5H2,(H,16,17). The number of amides is 1. The topological polar surface area (TPSA) is 57.8 Å². The Morgan fingerprint density at radius 2 is 2.29 bits per heavy atom. The zero-order valence-corrected chi connectivity index (χ0v) is 10.5. The Hall–Kier alpha value is -1.56. The van der Waals surface area contributed by atoms with Crippen molar-refractivity contribution < 1.29 is 9.90 Å². The molecule has 1 N–H and O–H groups in total. The lowest BCUT2D eigenvalue weighted by molar-refractivity contribution is 0.201. The van der Waals surface area contributed by atoms with Gasteiger partial charge in [0.25, 0.3) is 0 Å². The van der Waals surface area contributed by atoms with Crippen LogP contribution in [0.15, 0.2) is 22.8 Å². The first-order chi connectivity index (χ1) is 8.16. The summed E-state index contributed by atoms with van der Waals surface area (Å²) in [5, 5.41) is 9.21. The van der Waals surface area contributed by atoms with Gasteiger partial charge in [-0.1, -0.05) is 0 Å². The summed E-state index contributed by atoms with van der Waals surface area (Å²) in [5.74, 6) is 0.681. The molecule has 3 rings (SSSR count). The van der Waals surface area contributed by atoms with Gasteiger partial charge in [0.05, 0.1) is 5.69 Å². The quantitative estimate of drug-likeness (QED) is 0.812. The first-order valence-corrected chi connectivity index (χ1v) is 6.13. The van der Waals surface area contributed by atoms with Gasteiger partial charge in [-0.15, -0.1) is 0 Å². The highest BCUT2D eigenvalue weighted by atomic mass is 79.9. The predicted molar refractivity (Wildman–Crippen MR) is 66.6 cm³/mol. The number of aromatic nitrogens is 2. The molecule has 0 unspecified atom stereocenters. The lowest BCUT2D eigenvalue weighted by Crippen LogP contribution is -2.34. The summed E-state index contributed by atoms with van der Waals surface area (Å²) in [6, 6.07) is 3.78. The number of carbonyl (C=O) groups is 1. The van der Waals surface area contributed by atoms with Gasteiger partial charge in [-0.05, 0) is 40.9 Å². The molecule has 1 aliphatic heterocycles. The molecule has 88 valence electrons. The van der Waals surface area contributed by atoms with Gasteiger partial charge < -0.3 is 5.11 Å². The van der Waals surface area contributed by atoms with E-state index in [-0.39, 0.29) is 0 Å². The number of fused-ring (bicyclic) bond motifs is 3. The molecule has 0 bridgehead atoms. The van der Waals surface area contributed by atoms with Crippen molar-refractivity contribution in [3.8, 4) is 0 Å². The third kappa shape index (κ3) is 1.59. The molecule has 2 aromatic rings. The minimum absolute atomic E-state index is 0.530. The number of aryl methyl sites for hydroxylation is 1. The second-order valence-electron chi connectivity index (χ2n) is 4.00. The Bertz CT molecular complexity index is 608. The molecule has 0 saturated carbocycles. The zero-order valence-electron chi connectivity index (χ0n) is 8.93. The molecule has 0 atom stereocenters. The fourth-order valence-corrected chi connectivity index (χ4v) is 2.54. The van der Waals surface area contributed by atoms with Crippen LogP contribution < -0.4 is 4.90 Å². The Morgan fingerprint density at radius 3 is 3.06 bits per heavy atom. The molecular weight excluding hydrogens is 286 g/mol. The maximum Gasteiger partial charge on any atom is 0.413 e. The van der Waals surface area contributed by atoms with Crippen LogP contribution in [-0.2, 0) is 6.42 Å². The molecule has 0 saturated heterocycles. The summed E-state index contributed by atoms with van der Waals surface area (Å²) in [4.78, 5) is 17.0. The van der Waals surface area contributed by atoms with E-state index in [1.807, 2.05) is 22.7 Å². The van der Waals surface area contributed by atoms with E-state index in [0.29, 0.717) is 12.4 Å². The monoisotopic (exact) mass is 295 g/mol. The van der Waals surface area contributed by atoms with Crippen LogP contribution in [0.2, 0.25) is 0 Å². The number of nitrogens with zero attached hydrogens (tertiary/aromatic N) is 3. The van der Waals surface area contributed by atoms with E-state index in [0.717, 1.165) is 28.7 Å². The number of rotatable bonds is 0. The van der Waals surface area contributed by atoms with Crippen LogP contribution >= 0.6 is 15.9 Å². The fraction of sp³-hybridized carbons (Fsp3) is 0.273. The number of hydrogen-bond donors (Lipinski definition) is 1. The number of anilines is 1. The van der Waals surface area contributed by atoms with Gasteiger partial charge in [-0.2, -0.15) is 0 Å². The van der Waals surface area contributed by atoms with Crippen LogP contribution in [0.5, 0.6) is 0 Å². The molecule has 6 heteroatoms. The van der Waals surface area contributed by atoms with Crippen LogP contribution in [0.4, 0.5) is 10.6 Å². The maximum absolute atomic E-state index is 11.2. The molecule has 0 aromatic carbocycles. The van der Waals surface area contributed by atoms with Crippen molar-refractivity contribution >= 4 is 33.5 Å². The van der Waals surface area contributed by atoms with Gasteiger partial charge in [-0.3, -0.25) is 9.30 Å². The zero-order chi connectivity index (χ0) is 12.0. The molecule has 0 aliphatic carbocycles. The van der Waals surface area contributed by atoms with Gasteiger partial charge in [0, 0.05) is 17.2 Å². The van der Waals surface area contributed by atoms with Crippen molar-refractivity contribution in [3.63, 3.8) is 0 Å². The van der Waals surface area contributed by atoms with E-state index in [9.17, 15) is 9.90 Å². The molecule has 3 heterocycles. The number of carboxylic acid groups (broad SMARTS) is 1. The SMILES string of the molecule is O=C(O)N1CCCc2nc3ccc(Br)cn3c21. The van der Waals surface area contributed by atoms with Crippen LogP contribution in [0.3, 0.4) is 0 Å². The number of halogens is 1. The Balaban J connectivity index is 2.29. The second-order valence-corrected chi connectivity index (χ2v) is 4.91. The molecule has 1 aliphatic rings. The van der Waals surface area contributed by atoms with Crippen LogP contribution in [0, 0.1) is 0 Å². The van der Waals surface area contributed by atoms with Crippen molar-refractivity contribution in [2.75, 3.05) is 11.4 Å². The smallest absolute Gasteiger partial charge is 0.413 e. The van der Waals surface area contributed by atoms with E-state index < -0.39 is 6.09 Å². The predicted octanol–water partition coefficient (Wildman–Crippen LogP) is 2.53. The Morgan fingerprint density at radius 1 is 1.47 bits per heavy atom. The van der Waals surface area contributed by atoms with Crippen LogP contribution in [-0.4, -0.2) is 27.1 Å². The molecule has 0 fully saturated rings. The number of pyridine rings is 1. The van der Waals surface area contributed by atoms with E-state index in [1.54, 1.807) is 0 Å². The average molecular weight is 296 g/mol. The molecule has 0 radical (unpaired) electrons. The lowest BCUT2D eigenvalue weighted by Gasteiger charge is -2.23. The first kappa shape index (κ1) is 10.6. The molecule has 1 amide bonds. The van der Waals surface area contributed by atoms with Crippen molar-refractivity contribution in [1.82, 2.24) is 9.38 Å². The normalized spacial score (nSPS) is 15.0. The van der Waals surface area contributed by atoms with Crippen molar-refractivity contribution in [1.29, 1.82) is 0 Å². The Kier molecular flexibility index (Phi) is 2.32. The van der Waals surface area contributed by atoms with E-state index in [4.69, 9.17) is 0 Å². The molecular formula is C11H10BrN3O2. The summed E-state index contributed by atoms with van der Waals surface area (Å²) < 4.78 is 2.73. The van der Waals surface area contributed by atoms with Crippen LogP contribution in [0.25, 0.3) is 5.65 Å². The summed E-state index contributed by atoms with van der Waals surface area (Å²) in [6.07, 6.45) is 2.58. The second kappa shape index (κ2) is 3.73. The van der Waals surface area contributed by atoms with Gasteiger partial charge in [0.15, 0.2) is 0 Å². The number of imidazole rings is 1. The van der Waals surface area contributed by atoms with Crippen molar-refractivity contribution in [3.05, 3.63) is 28.5 Å². The largest absolute Gasteiger partial charge is 0.465 e.